The number of rotatable bonds is 9. The highest BCUT2D eigenvalue weighted by atomic mass is 35.5. The number of aryl methyl sites for hydroxylation is 1. The van der Waals surface area contributed by atoms with Gasteiger partial charge in [0.1, 0.15) is 12.3 Å². The van der Waals surface area contributed by atoms with Gasteiger partial charge in [0.05, 0.1) is 28.8 Å². The smallest absolute Gasteiger partial charge is 0.264 e. The van der Waals surface area contributed by atoms with E-state index in [-0.39, 0.29) is 21.6 Å². The lowest BCUT2D eigenvalue weighted by Gasteiger charge is -2.26. The maximum absolute atomic E-state index is 13.5. The van der Waals surface area contributed by atoms with Crippen LogP contribution in [0.5, 0.6) is 5.75 Å². The summed E-state index contributed by atoms with van der Waals surface area (Å²) in [7, 11) is -2.55. The second kappa shape index (κ2) is 10.7. The third-order valence-electron chi connectivity index (χ3n) is 5.26. The minimum atomic E-state index is -4.03. The zero-order valence-electron chi connectivity index (χ0n) is 18.8. The Hall–Kier alpha value is -3.03. The summed E-state index contributed by atoms with van der Waals surface area (Å²) in [4.78, 5) is 13.1. The Kier molecular flexibility index (Phi) is 8.00. The molecule has 33 heavy (non-hydrogen) atoms. The SMILES string of the molecule is CCC(NC(=O)CN(c1ccc(OC)c(Cl)c1)S(=O)(=O)c1ccccc1)c1ccc(C)cc1. The van der Waals surface area contributed by atoms with Gasteiger partial charge in [0.15, 0.2) is 0 Å². The zero-order valence-corrected chi connectivity index (χ0v) is 20.4. The zero-order chi connectivity index (χ0) is 24.0. The summed E-state index contributed by atoms with van der Waals surface area (Å²) in [6, 6.07) is 20.3. The number of nitrogens with zero attached hydrogens (tertiary/aromatic N) is 1. The molecule has 174 valence electrons. The number of halogens is 1. The van der Waals surface area contributed by atoms with Crippen molar-refractivity contribution in [1.82, 2.24) is 5.32 Å². The molecule has 0 radical (unpaired) electrons. The maximum atomic E-state index is 13.5. The number of benzene rings is 3. The van der Waals surface area contributed by atoms with Crippen LogP contribution in [-0.4, -0.2) is 28.0 Å². The molecule has 1 atom stereocenters. The van der Waals surface area contributed by atoms with Gasteiger partial charge < -0.3 is 10.1 Å². The van der Waals surface area contributed by atoms with E-state index in [4.69, 9.17) is 16.3 Å². The molecule has 3 aromatic carbocycles. The van der Waals surface area contributed by atoms with Crippen LogP contribution in [0.2, 0.25) is 5.02 Å². The molecule has 0 bridgehead atoms. The first kappa shape index (κ1) is 24.6. The molecule has 1 N–H and O–H groups in total. The predicted octanol–water partition coefficient (Wildman–Crippen LogP) is 5.12. The number of hydrogen-bond acceptors (Lipinski definition) is 4. The molecule has 0 spiro atoms. The van der Waals surface area contributed by atoms with E-state index in [0.29, 0.717) is 12.2 Å². The summed E-state index contributed by atoms with van der Waals surface area (Å²) >= 11 is 6.26. The minimum absolute atomic E-state index is 0.0790. The number of methoxy groups -OCH3 is 1. The van der Waals surface area contributed by atoms with Gasteiger partial charge in [0.25, 0.3) is 10.0 Å². The van der Waals surface area contributed by atoms with Gasteiger partial charge in [-0.2, -0.15) is 0 Å². The highest BCUT2D eigenvalue weighted by molar-refractivity contribution is 7.92. The molecule has 3 rings (SSSR count). The number of anilines is 1. The monoisotopic (exact) mass is 486 g/mol. The quantitative estimate of drug-likeness (QED) is 0.455. The third kappa shape index (κ3) is 5.86. The molecule has 0 aliphatic rings. The summed E-state index contributed by atoms with van der Waals surface area (Å²) in [6.07, 6.45) is 0.661. The van der Waals surface area contributed by atoms with Crippen LogP contribution >= 0.6 is 11.6 Å². The van der Waals surface area contributed by atoms with Crippen LogP contribution in [0.25, 0.3) is 0 Å². The number of carbonyl (C=O) groups excluding carboxylic acids is 1. The summed E-state index contributed by atoms with van der Waals surface area (Å²) in [6.45, 7) is 3.56. The van der Waals surface area contributed by atoms with Gasteiger partial charge in [0.2, 0.25) is 5.91 Å². The molecule has 0 heterocycles. The van der Waals surface area contributed by atoms with Gasteiger partial charge >= 0.3 is 0 Å². The first-order valence-corrected chi connectivity index (χ1v) is 12.3. The molecule has 0 aliphatic heterocycles. The first-order chi connectivity index (χ1) is 15.8. The number of sulfonamides is 1. The lowest BCUT2D eigenvalue weighted by molar-refractivity contribution is -0.120. The van der Waals surface area contributed by atoms with E-state index >= 15 is 0 Å². The maximum Gasteiger partial charge on any atom is 0.264 e. The standard InChI is InChI=1S/C25H27ClN2O4S/c1-4-23(19-12-10-18(2)11-13-19)27-25(29)17-28(20-14-15-24(32-3)22(26)16-20)33(30,31)21-8-6-5-7-9-21/h5-16,23H,4,17H2,1-3H3,(H,27,29). The summed E-state index contributed by atoms with van der Waals surface area (Å²) in [5, 5.41) is 3.21. The fourth-order valence-corrected chi connectivity index (χ4v) is 5.12. The molecule has 3 aromatic rings. The van der Waals surface area contributed by atoms with E-state index in [2.05, 4.69) is 5.32 Å². The molecule has 0 saturated heterocycles. The van der Waals surface area contributed by atoms with E-state index in [0.717, 1.165) is 15.4 Å². The number of nitrogens with one attached hydrogen (secondary N) is 1. The van der Waals surface area contributed by atoms with Crippen LogP contribution in [0.1, 0.15) is 30.5 Å². The third-order valence-corrected chi connectivity index (χ3v) is 7.35. The van der Waals surface area contributed by atoms with E-state index in [1.807, 2.05) is 38.1 Å². The van der Waals surface area contributed by atoms with Crippen molar-refractivity contribution in [3.8, 4) is 5.75 Å². The molecule has 1 amide bonds. The molecule has 0 aromatic heterocycles. The van der Waals surface area contributed by atoms with Gasteiger partial charge in [-0.3, -0.25) is 9.10 Å². The summed E-state index contributed by atoms with van der Waals surface area (Å²) in [5.74, 6) is -0.0128. The number of carbonyl (C=O) groups is 1. The molecular weight excluding hydrogens is 460 g/mol. The molecular formula is C25H27ClN2O4S. The Bertz CT molecular complexity index is 1200. The van der Waals surface area contributed by atoms with Crippen molar-refractivity contribution in [2.24, 2.45) is 0 Å². The van der Waals surface area contributed by atoms with Crippen LogP contribution in [0, 0.1) is 6.92 Å². The number of amides is 1. The Labute approximate surface area is 200 Å². The minimum Gasteiger partial charge on any atom is -0.495 e. The van der Waals surface area contributed by atoms with Gasteiger partial charge in [-0.25, -0.2) is 8.42 Å². The molecule has 1 unspecified atom stereocenters. The normalized spacial score (nSPS) is 12.1. The fraction of sp³-hybridized carbons (Fsp3) is 0.240. The van der Waals surface area contributed by atoms with Crippen molar-refractivity contribution in [1.29, 1.82) is 0 Å². The predicted molar refractivity (Wildman–Crippen MR) is 131 cm³/mol. The van der Waals surface area contributed by atoms with Crippen LogP contribution in [0.15, 0.2) is 77.7 Å². The van der Waals surface area contributed by atoms with Crippen LogP contribution < -0.4 is 14.4 Å². The highest BCUT2D eigenvalue weighted by Gasteiger charge is 2.28. The van der Waals surface area contributed by atoms with E-state index in [1.54, 1.807) is 30.3 Å². The van der Waals surface area contributed by atoms with E-state index < -0.39 is 22.5 Å². The van der Waals surface area contributed by atoms with Gasteiger partial charge in [0, 0.05) is 0 Å². The van der Waals surface area contributed by atoms with Crippen molar-refractivity contribution in [2.75, 3.05) is 18.0 Å². The second-order valence-electron chi connectivity index (χ2n) is 7.58. The second-order valence-corrected chi connectivity index (χ2v) is 9.85. The largest absolute Gasteiger partial charge is 0.495 e. The lowest BCUT2D eigenvalue weighted by Crippen LogP contribution is -2.42. The average molecular weight is 487 g/mol. The Morgan fingerprint density at radius 2 is 1.73 bits per heavy atom. The van der Waals surface area contributed by atoms with Crippen molar-refractivity contribution < 1.29 is 17.9 Å². The summed E-state index contributed by atoms with van der Waals surface area (Å²) < 4.78 is 33.2. The van der Waals surface area contributed by atoms with Crippen LogP contribution in [0.3, 0.4) is 0 Å². The highest BCUT2D eigenvalue weighted by Crippen LogP contribution is 2.32. The van der Waals surface area contributed by atoms with Crippen molar-refractivity contribution in [3.05, 3.63) is 88.9 Å². The molecule has 0 aliphatic carbocycles. The average Bonchev–Trinajstić information content (AvgIpc) is 2.82. The Morgan fingerprint density at radius 1 is 1.06 bits per heavy atom. The van der Waals surface area contributed by atoms with Gasteiger partial charge in [-0.15, -0.1) is 0 Å². The number of ether oxygens (including phenoxy) is 1. The lowest BCUT2D eigenvalue weighted by atomic mass is 10.0. The van der Waals surface area contributed by atoms with Gasteiger partial charge in [-0.05, 0) is 49.2 Å². The topological polar surface area (TPSA) is 75.7 Å². The van der Waals surface area contributed by atoms with E-state index in [1.165, 1.54) is 25.3 Å². The van der Waals surface area contributed by atoms with Crippen LogP contribution in [-0.2, 0) is 14.8 Å². The van der Waals surface area contributed by atoms with Crippen molar-refractivity contribution in [2.45, 2.75) is 31.2 Å². The molecule has 0 saturated carbocycles. The number of hydrogen-bond donors (Lipinski definition) is 1. The van der Waals surface area contributed by atoms with Gasteiger partial charge in [-0.1, -0.05) is 66.6 Å². The van der Waals surface area contributed by atoms with Crippen molar-refractivity contribution >= 4 is 33.2 Å². The van der Waals surface area contributed by atoms with Crippen molar-refractivity contribution in [3.63, 3.8) is 0 Å². The Morgan fingerprint density at radius 3 is 2.30 bits per heavy atom. The Balaban J connectivity index is 1.93. The first-order valence-electron chi connectivity index (χ1n) is 10.5. The fourth-order valence-electron chi connectivity index (χ4n) is 3.44. The van der Waals surface area contributed by atoms with Crippen LogP contribution in [0.4, 0.5) is 5.69 Å². The molecule has 6 nitrogen and oxygen atoms in total. The molecule has 8 heteroatoms. The molecule has 0 fully saturated rings. The summed E-state index contributed by atoms with van der Waals surface area (Å²) in [5.41, 5.74) is 2.35. The van der Waals surface area contributed by atoms with E-state index in [9.17, 15) is 13.2 Å².